The van der Waals surface area contributed by atoms with E-state index in [4.69, 9.17) is 35.0 Å². The van der Waals surface area contributed by atoms with Gasteiger partial charge in [-0.05, 0) is 52.8 Å². The van der Waals surface area contributed by atoms with Gasteiger partial charge >= 0.3 is 0 Å². The minimum absolute atomic E-state index is 0.0673. The van der Waals surface area contributed by atoms with Gasteiger partial charge < -0.3 is 23.4 Å². The lowest BCUT2D eigenvalue weighted by Crippen LogP contribution is -2.47. The molecule has 4 atom stereocenters. The number of fused-ring (bicyclic) bond motifs is 2. The van der Waals surface area contributed by atoms with E-state index in [0.29, 0.717) is 31.0 Å². The molecule has 0 bridgehead atoms. The van der Waals surface area contributed by atoms with Crippen molar-refractivity contribution in [3.05, 3.63) is 20.9 Å². The zero-order valence-corrected chi connectivity index (χ0v) is 27.6. The van der Waals surface area contributed by atoms with Crippen molar-refractivity contribution in [1.82, 2.24) is 9.55 Å². The summed E-state index contributed by atoms with van der Waals surface area (Å²) in [5.74, 6) is 0.690. The summed E-state index contributed by atoms with van der Waals surface area (Å²) in [6.45, 7) is 20.4. The van der Waals surface area contributed by atoms with Crippen LogP contribution in [0.15, 0.2) is 12.1 Å². The Morgan fingerprint density at radius 1 is 1.08 bits per heavy atom. The summed E-state index contributed by atoms with van der Waals surface area (Å²) in [6.07, 6.45) is -0.593. The molecule has 2 saturated heterocycles. The van der Waals surface area contributed by atoms with E-state index in [1.807, 2.05) is 16.7 Å². The second-order valence-corrected chi connectivity index (χ2v) is 24.5. The maximum absolute atomic E-state index is 6.65. The highest BCUT2D eigenvalue weighted by molar-refractivity contribution is 14.1. The molecule has 0 aromatic carbocycles. The van der Waals surface area contributed by atoms with E-state index < -0.39 is 16.4 Å². The Balaban J connectivity index is 1.51. The summed E-state index contributed by atoms with van der Waals surface area (Å²) in [6, 6.07) is 5.07. The average molecular weight is 667 g/mol. The van der Waals surface area contributed by atoms with Crippen LogP contribution >= 0.6 is 34.2 Å². The Bertz CT molecular complexity index is 1090. The van der Waals surface area contributed by atoms with Crippen LogP contribution in [0.5, 0.6) is 5.88 Å². The third-order valence-electron chi connectivity index (χ3n) is 7.46. The maximum atomic E-state index is 6.65. The van der Waals surface area contributed by atoms with E-state index in [2.05, 4.69) is 81.1 Å². The monoisotopic (exact) mass is 666 g/mol. The highest BCUT2D eigenvalue weighted by Gasteiger charge is 2.52. The molecule has 0 aliphatic carbocycles. The predicted octanol–water partition coefficient (Wildman–Crippen LogP) is 6.54. The zero-order chi connectivity index (χ0) is 26.5. The minimum Gasteiger partial charge on any atom is -0.470 e. The number of ether oxygens (including phenoxy) is 4. The van der Waals surface area contributed by atoms with Crippen LogP contribution < -0.4 is 4.74 Å². The molecular formula is C25H40ClIN2O5Si2. The molecular weight excluding hydrogens is 627 g/mol. The number of halogens is 2. The van der Waals surface area contributed by atoms with Crippen molar-refractivity contribution in [3.8, 4) is 5.88 Å². The van der Waals surface area contributed by atoms with Gasteiger partial charge in [-0.2, -0.15) is 0 Å². The van der Waals surface area contributed by atoms with Crippen molar-refractivity contribution in [3.63, 3.8) is 0 Å². The van der Waals surface area contributed by atoms with Gasteiger partial charge in [-0.1, -0.05) is 52.0 Å². The normalized spacial score (nSPS) is 25.1. The molecule has 0 radical (unpaired) electrons. The Labute approximate surface area is 235 Å². The second-order valence-electron chi connectivity index (χ2n) is 12.6. The number of pyridine rings is 1. The molecule has 0 saturated carbocycles. The van der Waals surface area contributed by atoms with E-state index in [9.17, 15) is 0 Å². The zero-order valence-electron chi connectivity index (χ0n) is 22.7. The van der Waals surface area contributed by atoms with Crippen LogP contribution in [-0.4, -0.2) is 70.2 Å². The van der Waals surface area contributed by atoms with Gasteiger partial charge in [0.15, 0.2) is 20.3 Å². The van der Waals surface area contributed by atoms with Gasteiger partial charge in [-0.15, -0.1) is 0 Å². The lowest BCUT2D eigenvalue weighted by atomic mass is 10.1. The molecule has 2 aromatic rings. The molecule has 2 fully saturated rings. The molecule has 2 aromatic heterocycles. The molecule has 2 aliphatic heterocycles. The summed E-state index contributed by atoms with van der Waals surface area (Å²) >= 11 is 8.53. The quantitative estimate of drug-likeness (QED) is 0.131. The summed E-state index contributed by atoms with van der Waals surface area (Å²) in [5, 5.41) is 0.613. The Morgan fingerprint density at radius 2 is 1.72 bits per heavy atom. The van der Waals surface area contributed by atoms with Crippen molar-refractivity contribution in [2.24, 2.45) is 0 Å². The molecule has 7 nitrogen and oxygen atoms in total. The van der Waals surface area contributed by atoms with E-state index in [0.717, 1.165) is 27.3 Å². The lowest BCUT2D eigenvalue weighted by molar-refractivity contribution is 0.00859. The predicted molar refractivity (Wildman–Crippen MR) is 158 cm³/mol. The van der Waals surface area contributed by atoms with Crippen LogP contribution in [-0.2, 0) is 25.4 Å². The van der Waals surface area contributed by atoms with Crippen LogP contribution in [0.25, 0.3) is 11.0 Å². The molecule has 0 amide bonds. The summed E-state index contributed by atoms with van der Waals surface area (Å²) < 4.78 is 34.6. The van der Waals surface area contributed by atoms with E-state index in [1.165, 1.54) is 0 Å². The summed E-state index contributed by atoms with van der Waals surface area (Å²) in [7, 11) is -3.12. The highest BCUT2D eigenvalue weighted by Crippen LogP contribution is 2.41. The molecule has 202 valence electrons. The van der Waals surface area contributed by atoms with E-state index >= 15 is 0 Å². The first kappa shape index (κ1) is 28.8. The van der Waals surface area contributed by atoms with Crippen LogP contribution in [0, 0.1) is 3.57 Å². The standard InChI is InChI=1S/C25H40ClIN2O5Si2/c1-25(2,3)36(7,8)34-20-14-32-22-19(13-31-23(20)22)33-21-12-17-18(11-16(27)24(26)28-17)29(21)15-30-9-10-35(4,5)6/h11-12,19-20,22-23H,9-10,13-15H2,1-8H3/t19-,20?,22-,23-/m1/s1. The van der Waals surface area contributed by atoms with Crippen molar-refractivity contribution < 1.29 is 23.4 Å². The summed E-state index contributed by atoms with van der Waals surface area (Å²) in [5.41, 5.74) is 1.72. The van der Waals surface area contributed by atoms with Crippen LogP contribution in [0.4, 0.5) is 0 Å². The first-order chi connectivity index (χ1) is 16.7. The second kappa shape index (κ2) is 10.7. The fourth-order valence-electron chi connectivity index (χ4n) is 4.21. The van der Waals surface area contributed by atoms with Gasteiger partial charge in [0.25, 0.3) is 0 Å². The highest BCUT2D eigenvalue weighted by atomic mass is 127. The van der Waals surface area contributed by atoms with E-state index in [-0.39, 0.29) is 29.5 Å². The molecule has 2 aliphatic rings. The maximum Gasteiger partial charge on any atom is 0.198 e. The Hall–Kier alpha value is -0.216. The van der Waals surface area contributed by atoms with Crippen molar-refractivity contribution in [1.29, 1.82) is 0 Å². The van der Waals surface area contributed by atoms with E-state index in [1.54, 1.807) is 0 Å². The minimum atomic E-state index is -1.94. The first-order valence-corrected chi connectivity index (χ1v) is 20.7. The fraction of sp³-hybridized carbons (Fsp3) is 0.720. The summed E-state index contributed by atoms with van der Waals surface area (Å²) in [4.78, 5) is 4.57. The third-order valence-corrected chi connectivity index (χ3v) is 15.1. The third kappa shape index (κ3) is 6.32. The Morgan fingerprint density at radius 3 is 2.36 bits per heavy atom. The smallest absolute Gasteiger partial charge is 0.198 e. The number of nitrogens with zero attached hydrogens (tertiary/aromatic N) is 2. The van der Waals surface area contributed by atoms with Crippen LogP contribution in [0.1, 0.15) is 20.8 Å². The first-order valence-electron chi connectivity index (χ1n) is 12.7. The van der Waals surface area contributed by atoms with Crippen LogP contribution in [0.2, 0.25) is 49.0 Å². The van der Waals surface area contributed by atoms with Crippen LogP contribution in [0.3, 0.4) is 0 Å². The molecule has 4 rings (SSSR count). The molecule has 0 N–H and O–H groups in total. The molecule has 36 heavy (non-hydrogen) atoms. The number of rotatable bonds is 9. The van der Waals surface area contributed by atoms with Gasteiger partial charge in [0.2, 0.25) is 0 Å². The number of hydrogen-bond donors (Lipinski definition) is 0. The fourth-order valence-corrected chi connectivity index (χ4v) is 6.84. The van der Waals surface area contributed by atoms with Gasteiger partial charge in [0.05, 0.1) is 33.9 Å². The van der Waals surface area contributed by atoms with Gasteiger partial charge in [0, 0.05) is 20.7 Å². The Kier molecular flexibility index (Phi) is 8.59. The molecule has 4 heterocycles. The van der Waals surface area contributed by atoms with Crippen molar-refractivity contribution >= 4 is 61.6 Å². The number of aromatic nitrogens is 2. The average Bonchev–Trinajstić information content (AvgIpc) is 3.40. The molecule has 0 spiro atoms. The topological polar surface area (TPSA) is 64.0 Å². The van der Waals surface area contributed by atoms with Gasteiger partial charge in [-0.3, -0.25) is 4.57 Å². The molecule has 11 heteroatoms. The molecule has 1 unspecified atom stereocenters. The van der Waals surface area contributed by atoms with Gasteiger partial charge in [0.1, 0.15) is 24.1 Å². The SMILES string of the molecule is CC(C)(C)[Si](C)(C)OC1CO[C@H]2[C@@H]1OC[C@H]2Oc1cc2nc(Cl)c(I)cc2n1COCC[Si](C)(C)C. The van der Waals surface area contributed by atoms with Gasteiger partial charge in [-0.25, -0.2) is 4.98 Å². The number of hydrogen-bond acceptors (Lipinski definition) is 6. The van der Waals surface area contributed by atoms with Crippen molar-refractivity contribution in [2.45, 2.75) is 95.7 Å². The largest absolute Gasteiger partial charge is 0.470 e. The lowest BCUT2D eigenvalue weighted by Gasteiger charge is -2.39. The van der Waals surface area contributed by atoms with Crippen molar-refractivity contribution in [2.75, 3.05) is 19.8 Å².